The van der Waals surface area contributed by atoms with Crippen LogP contribution in [-0.4, -0.2) is 24.3 Å². The standard InChI is InChI=1S/C23H21IN4O5/c1-15-5-3-4-6-20(15)26-23(29)27-25-13-17-11-19(24)22(21(12-17)32-2)33-14-16-7-9-18(10-8-16)28(30)31/h3-13H,14H2,1-2H3,(H2,26,27,29). The van der Waals surface area contributed by atoms with Crippen molar-refractivity contribution in [2.45, 2.75) is 13.5 Å². The Morgan fingerprint density at radius 3 is 2.58 bits per heavy atom. The van der Waals surface area contributed by atoms with Crippen molar-refractivity contribution in [1.82, 2.24) is 5.43 Å². The van der Waals surface area contributed by atoms with Crippen LogP contribution in [0, 0.1) is 20.6 Å². The molecule has 0 aliphatic carbocycles. The van der Waals surface area contributed by atoms with Crippen LogP contribution in [0.25, 0.3) is 0 Å². The molecule has 0 saturated carbocycles. The van der Waals surface area contributed by atoms with Gasteiger partial charge in [-0.25, -0.2) is 10.2 Å². The van der Waals surface area contributed by atoms with Crippen molar-refractivity contribution >= 4 is 46.2 Å². The zero-order valence-corrected chi connectivity index (χ0v) is 20.0. The lowest BCUT2D eigenvalue weighted by Crippen LogP contribution is -2.24. The van der Waals surface area contributed by atoms with Gasteiger partial charge in [0, 0.05) is 17.8 Å². The van der Waals surface area contributed by atoms with Crippen molar-refractivity contribution in [2.24, 2.45) is 5.10 Å². The monoisotopic (exact) mass is 560 g/mol. The molecule has 170 valence electrons. The van der Waals surface area contributed by atoms with Crippen molar-refractivity contribution in [3.8, 4) is 11.5 Å². The molecule has 0 bridgehead atoms. The van der Waals surface area contributed by atoms with Gasteiger partial charge in [0.15, 0.2) is 11.5 Å². The van der Waals surface area contributed by atoms with E-state index < -0.39 is 11.0 Å². The third kappa shape index (κ3) is 6.65. The van der Waals surface area contributed by atoms with Crippen molar-refractivity contribution in [3.63, 3.8) is 0 Å². The molecule has 0 aromatic heterocycles. The first-order valence-corrected chi connectivity index (χ1v) is 10.8. The SMILES string of the molecule is COc1cc(C=NNC(=O)Nc2ccccc2C)cc(I)c1OCc1ccc([N+](=O)[O-])cc1. The van der Waals surface area contributed by atoms with Gasteiger partial charge in [-0.3, -0.25) is 10.1 Å². The van der Waals surface area contributed by atoms with Gasteiger partial charge in [-0.1, -0.05) is 18.2 Å². The van der Waals surface area contributed by atoms with Crippen LogP contribution in [0.1, 0.15) is 16.7 Å². The highest BCUT2D eigenvalue weighted by Gasteiger charge is 2.12. The highest BCUT2D eigenvalue weighted by atomic mass is 127. The van der Waals surface area contributed by atoms with Crippen molar-refractivity contribution in [1.29, 1.82) is 0 Å². The highest BCUT2D eigenvalue weighted by molar-refractivity contribution is 14.1. The van der Waals surface area contributed by atoms with Crippen LogP contribution in [0.15, 0.2) is 65.8 Å². The molecule has 0 saturated heterocycles. The number of anilines is 1. The number of hydrazone groups is 1. The van der Waals surface area contributed by atoms with E-state index >= 15 is 0 Å². The number of nitrogens with zero attached hydrogens (tertiary/aromatic N) is 2. The number of carbonyl (C=O) groups is 1. The molecule has 0 spiro atoms. The maximum Gasteiger partial charge on any atom is 0.339 e. The average Bonchev–Trinajstić information content (AvgIpc) is 2.80. The minimum atomic E-state index is -0.453. The molecule has 3 aromatic carbocycles. The number of carbonyl (C=O) groups excluding carboxylic acids is 1. The van der Waals surface area contributed by atoms with Crippen LogP contribution in [0.2, 0.25) is 0 Å². The number of para-hydroxylation sites is 1. The Morgan fingerprint density at radius 2 is 1.91 bits per heavy atom. The molecule has 0 aliphatic rings. The van der Waals surface area contributed by atoms with Gasteiger partial charge < -0.3 is 14.8 Å². The highest BCUT2D eigenvalue weighted by Crippen LogP contribution is 2.34. The average molecular weight is 560 g/mol. The summed E-state index contributed by atoms with van der Waals surface area (Å²) in [5, 5.41) is 17.5. The number of ether oxygens (including phenoxy) is 2. The molecule has 3 rings (SSSR count). The molecule has 0 atom stereocenters. The second kappa shape index (κ2) is 11.3. The Labute approximate surface area is 204 Å². The van der Waals surface area contributed by atoms with Crippen molar-refractivity contribution in [2.75, 3.05) is 12.4 Å². The third-order valence-corrected chi connectivity index (χ3v) is 5.36. The van der Waals surface area contributed by atoms with Crippen LogP contribution in [0.5, 0.6) is 11.5 Å². The summed E-state index contributed by atoms with van der Waals surface area (Å²) >= 11 is 2.12. The first-order valence-electron chi connectivity index (χ1n) is 9.76. The van der Waals surface area contributed by atoms with E-state index in [-0.39, 0.29) is 12.3 Å². The van der Waals surface area contributed by atoms with Crippen molar-refractivity contribution < 1.29 is 19.2 Å². The summed E-state index contributed by atoms with van der Waals surface area (Å²) in [5.41, 5.74) is 5.60. The minimum absolute atomic E-state index is 0.0238. The molecule has 10 heteroatoms. The van der Waals surface area contributed by atoms with E-state index in [1.165, 1.54) is 25.5 Å². The lowest BCUT2D eigenvalue weighted by atomic mass is 10.2. The number of aryl methyl sites for hydroxylation is 1. The summed E-state index contributed by atoms with van der Waals surface area (Å²) in [6, 6.07) is 16.7. The van der Waals surface area contributed by atoms with Crippen molar-refractivity contribution in [3.05, 3.63) is 91.0 Å². The smallest absolute Gasteiger partial charge is 0.339 e. The van der Waals surface area contributed by atoms with Gasteiger partial charge >= 0.3 is 6.03 Å². The lowest BCUT2D eigenvalue weighted by Gasteiger charge is -2.13. The first-order chi connectivity index (χ1) is 15.9. The fourth-order valence-corrected chi connectivity index (χ4v) is 3.63. The summed E-state index contributed by atoms with van der Waals surface area (Å²) < 4.78 is 12.1. The van der Waals surface area contributed by atoms with Gasteiger partial charge in [-0.05, 0) is 76.5 Å². The molecule has 2 N–H and O–H groups in total. The predicted octanol–water partition coefficient (Wildman–Crippen LogP) is 5.25. The molecule has 0 fully saturated rings. The van der Waals surface area contributed by atoms with Crippen LogP contribution in [0.3, 0.4) is 0 Å². The van der Waals surface area contributed by atoms with E-state index in [0.29, 0.717) is 22.7 Å². The second-order valence-corrected chi connectivity index (χ2v) is 8.05. The number of nitrogens with one attached hydrogen (secondary N) is 2. The fraction of sp³-hybridized carbons (Fsp3) is 0.130. The van der Waals surface area contributed by atoms with E-state index in [0.717, 1.165) is 14.7 Å². The number of benzene rings is 3. The Balaban J connectivity index is 1.63. The summed E-state index contributed by atoms with van der Waals surface area (Å²) in [6.07, 6.45) is 1.50. The van der Waals surface area contributed by atoms with Crippen LogP contribution in [0.4, 0.5) is 16.2 Å². The molecule has 0 aliphatic heterocycles. The van der Waals surface area contributed by atoms with Gasteiger partial charge in [-0.15, -0.1) is 0 Å². The molecule has 33 heavy (non-hydrogen) atoms. The Hall–Kier alpha value is -3.67. The lowest BCUT2D eigenvalue weighted by molar-refractivity contribution is -0.384. The van der Waals surface area contributed by atoms with Gasteiger partial charge in [-0.2, -0.15) is 5.10 Å². The van der Waals surface area contributed by atoms with Gasteiger partial charge in [0.25, 0.3) is 5.69 Å². The summed E-state index contributed by atoms with van der Waals surface area (Å²) in [7, 11) is 1.53. The van der Waals surface area contributed by atoms with Crippen LogP contribution >= 0.6 is 22.6 Å². The molecule has 9 nitrogen and oxygen atoms in total. The molecule has 2 amide bonds. The number of nitro benzene ring substituents is 1. The number of methoxy groups -OCH3 is 1. The topological polar surface area (TPSA) is 115 Å². The molecule has 0 radical (unpaired) electrons. The zero-order valence-electron chi connectivity index (χ0n) is 17.9. The quantitative estimate of drug-likeness (QED) is 0.169. The number of amides is 2. The molecule has 0 heterocycles. The summed E-state index contributed by atoms with van der Waals surface area (Å²) in [4.78, 5) is 22.4. The normalized spacial score (nSPS) is 10.6. The number of hydrogen-bond acceptors (Lipinski definition) is 6. The maximum absolute atomic E-state index is 12.1. The van der Waals surface area contributed by atoms with Gasteiger partial charge in [0.1, 0.15) is 6.61 Å². The molecule has 3 aromatic rings. The van der Waals surface area contributed by atoms with Crippen LogP contribution < -0.4 is 20.2 Å². The third-order valence-electron chi connectivity index (χ3n) is 4.56. The minimum Gasteiger partial charge on any atom is -0.493 e. The zero-order chi connectivity index (χ0) is 23.8. The maximum atomic E-state index is 12.1. The Bertz CT molecular complexity index is 1180. The van der Waals surface area contributed by atoms with E-state index in [2.05, 4.69) is 38.4 Å². The number of non-ortho nitro benzene ring substituents is 1. The summed E-state index contributed by atoms with van der Waals surface area (Å²) in [6.45, 7) is 2.12. The summed E-state index contributed by atoms with van der Waals surface area (Å²) in [5.74, 6) is 1.04. The second-order valence-electron chi connectivity index (χ2n) is 6.89. The molecular weight excluding hydrogens is 539 g/mol. The van der Waals surface area contributed by atoms with Gasteiger partial charge in [0.05, 0.1) is 21.8 Å². The van der Waals surface area contributed by atoms with Crippen LogP contribution in [-0.2, 0) is 6.61 Å². The number of urea groups is 1. The molecular formula is C23H21IN4O5. The Morgan fingerprint density at radius 1 is 1.18 bits per heavy atom. The van der Waals surface area contributed by atoms with E-state index in [9.17, 15) is 14.9 Å². The number of hydrogen-bond donors (Lipinski definition) is 2. The molecule has 0 unspecified atom stereocenters. The Kier molecular flexibility index (Phi) is 8.19. The predicted molar refractivity (Wildman–Crippen MR) is 134 cm³/mol. The van der Waals surface area contributed by atoms with E-state index in [1.807, 2.05) is 31.2 Å². The number of rotatable bonds is 8. The fourth-order valence-electron chi connectivity index (χ4n) is 2.85. The number of halogens is 1. The number of nitro groups is 1. The van der Waals surface area contributed by atoms with E-state index in [1.54, 1.807) is 24.3 Å². The largest absolute Gasteiger partial charge is 0.493 e. The first kappa shape index (κ1) is 24.0. The van der Waals surface area contributed by atoms with Gasteiger partial charge in [0.2, 0.25) is 0 Å². The van der Waals surface area contributed by atoms with E-state index in [4.69, 9.17) is 9.47 Å².